The number of nitrogens with zero attached hydrogens (tertiary/aromatic N) is 1. The number of carbonyl (C=O) groups excluding carboxylic acids is 1. The molecule has 2 aromatic carbocycles. The fourth-order valence-corrected chi connectivity index (χ4v) is 2.68. The largest absolute Gasteiger partial charge is 0.454 e. The average Bonchev–Trinajstić information content (AvgIpc) is 3.13. The number of nitrogens with one attached hydrogen (secondary N) is 2. The van der Waals surface area contributed by atoms with E-state index in [1.807, 2.05) is 18.2 Å². The predicted molar refractivity (Wildman–Crippen MR) is 98.8 cm³/mol. The Balaban J connectivity index is 1.37. The molecule has 0 aliphatic carbocycles. The molecule has 1 aliphatic rings. The predicted octanol–water partition coefficient (Wildman–Crippen LogP) is 3.87. The lowest BCUT2D eigenvalue weighted by Gasteiger charge is -2.09. The van der Waals surface area contributed by atoms with Crippen LogP contribution in [0, 0.1) is 5.82 Å². The number of aromatic nitrogens is 1. The number of fused-ring (bicyclic) bond motifs is 1. The van der Waals surface area contributed by atoms with Crippen molar-refractivity contribution in [3.8, 4) is 11.5 Å². The van der Waals surface area contributed by atoms with Crippen LogP contribution in [0.15, 0.2) is 60.8 Å². The second-order valence-corrected chi connectivity index (χ2v) is 5.94. The van der Waals surface area contributed by atoms with Crippen LogP contribution < -0.4 is 20.1 Å². The SMILES string of the molecule is O=C(Cc1ccccc1F)Nc1ccc(Nc2ccc3c(c2)OCO3)nc1. The van der Waals surface area contributed by atoms with Crippen LogP contribution in [0.3, 0.4) is 0 Å². The van der Waals surface area contributed by atoms with Crippen molar-refractivity contribution >= 4 is 23.1 Å². The van der Waals surface area contributed by atoms with Gasteiger partial charge in [0.15, 0.2) is 11.5 Å². The van der Waals surface area contributed by atoms with Crippen molar-refractivity contribution in [3.05, 3.63) is 72.2 Å². The Morgan fingerprint density at radius 1 is 1.04 bits per heavy atom. The zero-order chi connectivity index (χ0) is 18.6. The number of anilines is 3. The smallest absolute Gasteiger partial charge is 0.231 e. The number of rotatable bonds is 5. The molecule has 2 N–H and O–H groups in total. The van der Waals surface area contributed by atoms with E-state index in [1.54, 1.807) is 30.3 Å². The molecule has 0 spiro atoms. The molecule has 0 bridgehead atoms. The molecule has 27 heavy (non-hydrogen) atoms. The summed E-state index contributed by atoms with van der Waals surface area (Å²) in [4.78, 5) is 16.3. The Kier molecular flexibility index (Phi) is 4.57. The molecule has 3 aromatic rings. The first-order valence-electron chi connectivity index (χ1n) is 8.33. The second-order valence-electron chi connectivity index (χ2n) is 5.94. The lowest BCUT2D eigenvalue weighted by molar-refractivity contribution is -0.115. The van der Waals surface area contributed by atoms with Crippen molar-refractivity contribution < 1.29 is 18.7 Å². The number of halogens is 1. The molecule has 1 aromatic heterocycles. The van der Waals surface area contributed by atoms with Gasteiger partial charge in [-0.1, -0.05) is 18.2 Å². The first-order valence-corrected chi connectivity index (χ1v) is 8.33. The highest BCUT2D eigenvalue weighted by atomic mass is 19.1. The van der Waals surface area contributed by atoms with Gasteiger partial charge in [-0.15, -0.1) is 0 Å². The highest BCUT2D eigenvalue weighted by Crippen LogP contribution is 2.34. The van der Waals surface area contributed by atoms with E-state index in [9.17, 15) is 9.18 Å². The van der Waals surface area contributed by atoms with Crippen LogP contribution in [0.5, 0.6) is 11.5 Å². The summed E-state index contributed by atoms with van der Waals surface area (Å²) in [6.07, 6.45) is 1.50. The Morgan fingerprint density at radius 2 is 1.85 bits per heavy atom. The van der Waals surface area contributed by atoms with E-state index < -0.39 is 5.82 Å². The third kappa shape index (κ3) is 3.98. The molecule has 0 saturated heterocycles. The Morgan fingerprint density at radius 3 is 2.67 bits per heavy atom. The lowest BCUT2D eigenvalue weighted by atomic mass is 10.1. The number of carbonyl (C=O) groups is 1. The van der Waals surface area contributed by atoms with Gasteiger partial charge in [0, 0.05) is 11.8 Å². The van der Waals surface area contributed by atoms with E-state index in [0.29, 0.717) is 28.6 Å². The van der Waals surface area contributed by atoms with Crippen molar-refractivity contribution in [2.24, 2.45) is 0 Å². The Bertz CT molecular complexity index is 976. The maximum Gasteiger partial charge on any atom is 0.231 e. The number of pyridine rings is 1. The van der Waals surface area contributed by atoms with E-state index in [1.165, 1.54) is 12.3 Å². The summed E-state index contributed by atoms with van der Waals surface area (Å²) in [6.45, 7) is 0.221. The molecule has 0 radical (unpaired) electrons. The van der Waals surface area contributed by atoms with Gasteiger partial charge in [0.1, 0.15) is 11.6 Å². The third-order valence-electron chi connectivity index (χ3n) is 4.00. The molecule has 6 nitrogen and oxygen atoms in total. The standard InChI is InChI=1S/C20H16FN3O3/c21-16-4-2-1-3-13(16)9-20(25)24-15-6-8-19(22-11-15)23-14-5-7-17-18(10-14)27-12-26-17/h1-8,10-11H,9,12H2,(H,22,23)(H,24,25). The Hall–Kier alpha value is -3.61. The van der Waals surface area contributed by atoms with Crippen LogP contribution in [0.2, 0.25) is 0 Å². The summed E-state index contributed by atoms with van der Waals surface area (Å²) in [7, 11) is 0. The maximum absolute atomic E-state index is 13.6. The molecule has 0 fully saturated rings. The van der Waals surface area contributed by atoms with Crippen LogP contribution in [0.25, 0.3) is 0 Å². The van der Waals surface area contributed by atoms with Gasteiger partial charge in [-0.05, 0) is 35.9 Å². The van der Waals surface area contributed by atoms with Crippen molar-refractivity contribution in [1.29, 1.82) is 0 Å². The molecule has 1 amide bonds. The fourth-order valence-electron chi connectivity index (χ4n) is 2.68. The molecule has 1 aliphatic heterocycles. The van der Waals surface area contributed by atoms with Crippen LogP contribution in [-0.2, 0) is 11.2 Å². The zero-order valence-electron chi connectivity index (χ0n) is 14.2. The van der Waals surface area contributed by atoms with Gasteiger partial charge in [0.2, 0.25) is 12.7 Å². The van der Waals surface area contributed by atoms with E-state index in [-0.39, 0.29) is 19.1 Å². The van der Waals surface area contributed by atoms with Crippen molar-refractivity contribution in [2.45, 2.75) is 6.42 Å². The number of benzene rings is 2. The third-order valence-corrected chi connectivity index (χ3v) is 4.00. The summed E-state index contributed by atoms with van der Waals surface area (Å²) in [5.74, 6) is 1.30. The minimum absolute atomic E-state index is 0.0378. The van der Waals surface area contributed by atoms with Crippen LogP contribution >= 0.6 is 0 Å². The molecule has 7 heteroatoms. The number of ether oxygens (including phenoxy) is 2. The first kappa shape index (κ1) is 16.8. The zero-order valence-corrected chi connectivity index (χ0v) is 14.2. The molecular weight excluding hydrogens is 349 g/mol. The van der Waals surface area contributed by atoms with E-state index >= 15 is 0 Å². The van der Waals surface area contributed by atoms with Gasteiger partial charge in [0.05, 0.1) is 18.3 Å². The average molecular weight is 365 g/mol. The van der Waals surface area contributed by atoms with Gasteiger partial charge in [-0.25, -0.2) is 9.37 Å². The molecular formula is C20H16FN3O3. The maximum atomic E-state index is 13.6. The monoisotopic (exact) mass is 365 g/mol. The van der Waals surface area contributed by atoms with Gasteiger partial charge in [-0.3, -0.25) is 4.79 Å². The molecule has 0 atom stereocenters. The second kappa shape index (κ2) is 7.33. The molecule has 2 heterocycles. The van der Waals surface area contributed by atoms with Crippen molar-refractivity contribution in [2.75, 3.05) is 17.4 Å². The highest BCUT2D eigenvalue weighted by Gasteiger charge is 2.13. The number of amides is 1. The van der Waals surface area contributed by atoms with Gasteiger partial charge in [0.25, 0.3) is 0 Å². The van der Waals surface area contributed by atoms with Crippen LogP contribution in [0.4, 0.5) is 21.6 Å². The quantitative estimate of drug-likeness (QED) is 0.718. The van der Waals surface area contributed by atoms with E-state index in [2.05, 4.69) is 15.6 Å². The van der Waals surface area contributed by atoms with Crippen LogP contribution in [-0.4, -0.2) is 17.7 Å². The molecule has 0 unspecified atom stereocenters. The summed E-state index contributed by atoms with van der Waals surface area (Å²) in [6, 6.07) is 15.2. The summed E-state index contributed by atoms with van der Waals surface area (Å²) < 4.78 is 24.2. The van der Waals surface area contributed by atoms with Gasteiger partial charge < -0.3 is 20.1 Å². The molecule has 4 rings (SSSR count). The van der Waals surface area contributed by atoms with Crippen molar-refractivity contribution in [1.82, 2.24) is 4.98 Å². The minimum Gasteiger partial charge on any atom is -0.454 e. The normalized spacial score (nSPS) is 11.9. The van der Waals surface area contributed by atoms with E-state index in [4.69, 9.17) is 9.47 Å². The first-order chi connectivity index (χ1) is 13.2. The summed E-state index contributed by atoms with van der Waals surface area (Å²) in [5.41, 5.74) is 1.69. The van der Waals surface area contributed by atoms with Crippen molar-refractivity contribution in [3.63, 3.8) is 0 Å². The Labute approximate surface area is 155 Å². The molecule has 136 valence electrons. The molecule has 0 saturated carbocycles. The number of hydrogen-bond acceptors (Lipinski definition) is 5. The topological polar surface area (TPSA) is 72.5 Å². The lowest BCUT2D eigenvalue weighted by Crippen LogP contribution is -2.15. The summed E-state index contributed by atoms with van der Waals surface area (Å²) >= 11 is 0. The van der Waals surface area contributed by atoms with E-state index in [0.717, 1.165) is 5.69 Å². The minimum atomic E-state index is -0.394. The summed E-state index contributed by atoms with van der Waals surface area (Å²) in [5, 5.41) is 5.86. The number of hydrogen-bond donors (Lipinski definition) is 2. The van der Waals surface area contributed by atoms with Gasteiger partial charge >= 0.3 is 0 Å². The fraction of sp³-hybridized carbons (Fsp3) is 0.100. The van der Waals surface area contributed by atoms with Crippen LogP contribution in [0.1, 0.15) is 5.56 Å². The highest BCUT2D eigenvalue weighted by molar-refractivity contribution is 5.92. The van der Waals surface area contributed by atoms with Gasteiger partial charge in [-0.2, -0.15) is 0 Å².